The van der Waals surface area contributed by atoms with Gasteiger partial charge in [0.1, 0.15) is 5.75 Å². The van der Waals surface area contributed by atoms with Crippen LogP contribution < -0.4 is 9.64 Å². The molecule has 0 N–H and O–H groups in total. The number of hydrogen-bond donors (Lipinski definition) is 0. The van der Waals surface area contributed by atoms with Gasteiger partial charge in [-0.05, 0) is 12.1 Å². The number of halogens is 2. The van der Waals surface area contributed by atoms with E-state index >= 15 is 0 Å². The van der Waals surface area contributed by atoms with Crippen molar-refractivity contribution in [2.75, 3.05) is 24.3 Å². The Bertz CT molecular complexity index is 634. The Balaban J connectivity index is 2.24. The zero-order valence-electron chi connectivity index (χ0n) is 10.7. The van der Waals surface area contributed by atoms with Crippen molar-refractivity contribution in [3.8, 4) is 5.75 Å². The Morgan fingerprint density at radius 3 is 2.80 bits per heavy atom. The van der Waals surface area contributed by atoms with Crippen molar-refractivity contribution >= 4 is 33.4 Å². The van der Waals surface area contributed by atoms with Crippen LogP contribution in [0, 0.1) is 5.92 Å². The maximum Gasteiger partial charge on any atom is 0.302 e. The molecule has 1 aromatic rings. The van der Waals surface area contributed by atoms with Gasteiger partial charge in [0.25, 0.3) is 0 Å². The summed E-state index contributed by atoms with van der Waals surface area (Å²) in [6, 6.07) is 4.82. The molecule has 1 heterocycles. The lowest BCUT2D eigenvalue weighted by Crippen LogP contribution is -2.25. The first-order valence-corrected chi connectivity index (χ1v) is 7.79. The van der Waals surface area contributed by atoms with E-state index in [1.165, 1.54) is 12.0 Å². The van der Waals surface area contributed by atoms with Gasteiger partial charge in [0.05, 0.1) is 23.6 Å². The van der Waals surface area contributed by atoms with Gasteiger partial charge in [0.15, 0.2) is 0 Å². The number of ether oxygens (including phenoxy) is 1. The Hall–Kier alpha value is -1.34. The fourth-order valence-electron chi connectivity index (χ4n) is 2.23. The van der Waals surface area contributed by atoms with Crippen molar-refractivity contribution in [1.29, 1.82) is 0 Å². The highest BCUT2D eigenvalue weighted by atomic mass is 35.5. The molecule has 1 aliphatic rings. The predicted molar refractivity (Wildman–Crippen MR) is 73.4 cm³/mol. The quantitative estimate of drug-likeness (QED) is 0.796. The Labute approximate surface area is 121 Å². The first-order valence-electron chi connectivity index (χ1n) is 5.86. The number of anilines is 1. The maximum atomic E-state index is 12.7. The van der Waals surface area contributed by atoms with Gasteiger partial charge in [-0.3, -0.25) is 4.79 Å². The molecule has 0 aromatic heterocycles. The minimum absolute atomic E-state index is 0.0172. The molecule has 2 rings (SSSR count). The summed E-state index contributed by atoms with van der Waals surface area (Å²) in [6.45, 7) is 0.120. The topological polar surface area (TPSA) is 63.7 Å². The highest BCUT2D eigenvalue weighted by Gasteiger charge is 2.34. The van der Waals surface area contributed by atoms with E-state index in [9.17, 15) is 17.1 Å². The van der Waals surface area contributed by atoms with Gasteiger partial charge < -0.3 is 9.64 Å². The Morgan fingerprint density at radius 2 is 2.20 bits per heavy atom. The molecular weight excluding hydrogens is 309 g/mol. The summed E-state index contributed by atoms with van der Waals surface area (Å²) in [5.74, 6) is -0.982. The van der Waals surface area contributed by atoms with Gasteiger partial charge in [-0.25, -0.2) is 0 Å². The second-order valence-corrected chi connectivity index (χ2v) is 6.42. The molecule has 5 nitrogen and oxygen atoms in total. The summed E-state index contributed by atoms with van der Waals surface area (Å²) in [5, 5.41) is 0.350. The molecule has 1 fully saturated rings. The second kappa shape index (κ2) is 5.57. The average molecular weight is 322 g/mol. The van der Waals surface area contributed by atoms with Crippen molar-refractivity contribution < 1.29 is 21.8 Å². The molecular formula is C12H13ClFNO4S. The van der Waals surface area contributed by atoms with Crippen LogP contribution in [-0.2, 0) is 15.0 Å². The van der Waals surface area contributed by atoms with Gasteiger partial charge in [0.2, 0.25) is 5.91 Å². The zero-order chi connectivity index (χ0) is 14.9. The van der Waals surface area contributed by atoms with Crippen LogP contribution in [0.25, 0.3) is 0 Å². The summed E-state index contributed by atoms with van der Waals surface area (Å²) >= 11 is 6.04. The molecule has 0 bridgehead atoms. The van der Waals surface area contributed by atoms with E-state index in [0.29, 0.717) is 16.5 Å². The lowest BCUT2D eigenvalue weighted by molar-refractivity contribution is -0.117. The van der Waals surface area contributed by atoms with Gasteiger partial charge in [-0.1, -0.05) is 11.6 Å². The first-order chi connectivity index (χ1) is 9.30. The van der Waals surface area contributed by atoms with Gasteiger partial charge in [0, 0.05) is 24.9 Å². The molecule has 1 unspecified atom stereocenters. The smallest absolute Gasteiger partial charge is 0.302 e. The third kappa shape index (κ3) is 3.40. The van der Waals surface area contributed by atoms with Crippen LogP contribution in [0.1, 0.15) is 6.42 Å². The van der Waals surface area contributed by atoms with Crippen LogP contribution in [-0.4, -0.2) is 33.7 Å². The number of carbonyl (C=O) groups is 1. The fourth-order valence-corrected chi connectivity index (χ4v) is 3.24. The number of amides is 1. The number of carbonyl (C=O) groups excluding carboxylic acids is 1. The van der Waals surface area contributed by atoms with Crippen LogP contribution in [0.5, 0.6) is 5.75 Å². The van der Waals surface area contributed by atoms with E-state index in [0.717, 1.165) is 0 Å². The van der Waals surface area contributed by atoms with Crippen molar-refractivity contribution in [3.05, 3.63) is 23.2 Å². The van der Waals surface area contributed by atoms with Gasteiger partial charge >= 0.3 is 10.2 Å². The largest absolute Gasteiger partial charge is 0.497 e. The highest BCUT2D eigenvalue weighted by molar-refractivity contribution is 7.86. The van der Waals surface area contributed by atoms with Crippen molar-refractivity contribution in [1.82, 2.24) is 0 Å². The molecule has 1 amide bonds. The number of benzene rings is 1. The number of hydrogen-bond acceptors (Lipinski definition) is 4. The SMILES string of the molecule is COc1ccc(Cl)c(N2CC(CS(=O)(=O)F)CC2=O)c1. The number of nitrogens with zero attached hydrogens (tertiary/aromatic N) is 1. The molecule has 110 valence electrons. The van der Waals surface area contributed by atoms with E-state index in [4.69, 9.17) is 16.3 Å². The van der Waals surface area contributed by atoms with E-state index in [1.54, 1.807) is 18.2 Å². The molecule has 1 atom stereocenters. The standard InChI is InChI=1S/C12H13ClFNO4S/c1-19-9-2-3-10(13)11(5-9)15-6-8(4-12(15)16)7-20(14,17)18/h2-3,5,8H,4,6-7H2,1H3. The summed E-state index contributed by atoms with van der Waals surface area (Å²) in [7, 11) is -3.11. The minimum atomic E-state index is -4.60. The van der Waals surface area contributed by atoms with Crippen LogP contribution in [0.15, 0.2) is 18.2 Å². The molecule has 1 saturated heterocycles. The fraction of sp³-hybridized carbons (Fsp3) is 0.417. The minimum Gasteiger partial charge on any atom is -0.497 e. The molecule has 0 radical (unpaired) electrons. The van der Waals surface area contributed by atoms with Crippen molar-refractivity contribution in [3.63, 3.8) is 0 Å². The van der Waals surface area contributed by atoms with E-state index in [2.05, 4.69) is 0 Å². The van der Waals surface area contributed by atoms with Crippen LogP contribution in [0.4, 0.5) is 9.57 Å². The molecule has 20 heavy (non-hydrogen) atoms. The van der Waals surface area contributed by atoms with Crippen molar-refractivity contribution in [2.45, 2.75) is 6.42 Å². The monoisotopic (exact) mass is 321 g/mol. The van der Waals surface area contributed by atoms with Crippen LogP contribution in [0.3, 0.4) is 0 Å². The molecule has 0 saturated carbocycles. The summed E-state index contributed by atoms with van der Waals surface area (Å²) in [5.41, 5.74) is 0.440. The average Bonchev–Trinajstić information content (AvgIpc) is 2.68. The van der Waals surface area contributed by atoms with E-state index in [-0.39, 0.29) is 18.9 Å². The molecule has 0 aliphatic carbocycles. The molecule has 0 spiro atoms. The maximum absolute atomic E-state index is 12.7. The van der Waals surface area contributed by atoms with Crippen LogP contribution >= 0.6 is 11.6 Å². The molecule has 1 aliphatic heterocycles. The highest BCUT2D eigenvalue weighted by Crippen LogP contribution is 2.34. The van der Waals surface area contributed by atoms with Gasteiger partial charge in [-0.2, -0.15) is 8.42 Å². The van der Waals surface area contributed by atoms with Crippen LogP contribution in [0.2, 0.25) is 5.02 Å². The first kappa shape index (κ1) is 15.1. The summed E-state index contributed by atoms with van der Waals surface area (Å²) in [6.07, 6.45) is -0.0172. The lowest BCUT2D eigenvalue weighted by Gasteiger charge is -2.18. The summed E-state index contributed by atoms with van der Waals surface area (Å²) < 4.78 is 39.1. The zero-order valence-corrected chi connectivity index (χ0v) is 12.2. The third-order valence-electron chi connectivity index (χ3n) is 3.08. The van der Waals surface area contributed by atoms with Gasteiger partial charge in [-0.15, -0.1) is 3.89 Å². The second-order valence-electron chi connectivity index (χ2n) is 4.60. The van der Waals surface area contributed by atoms with Crippen molar-refractivity contribution in [2.24, 2.45) is 5.92 Å². The lowest BCUT2D eigenvalue weighted by atomic mass is 10.1. The number of rotatable bonds is 4. The predicted octanol–water partition coefficient (Wildman–Crippen LogP) is 2.00. The van der Waals surface area contributed by atoms with E-state index < -0.39 is 21.9 Å². The van der Waals surface area contributed by atoms with E-state index in [1.807, 2.05) is 0 Å². The normalized spacial score (nSPS) is 19.4. The Morgan fingerprint density at radius 1 is 1.50 bits per heavy atom. The molecule has 8 heteroatoms. The molecule has 1 aromatic carbocycles. The Kier molecular flexibility index (Phi) is 4.19. The summed E-state index contributed by atoms with van der Waals surface area (Å²) in [4.78, 5) is 13.3. The number of methoxy groups -OCH3 is 1. The third-order valence-corrected chi connectivity index (χ3v) is 4.27.